The lowest BCUT2D eigenvalue weighted by molar-refractivity contribution is -0.136. The van der Waals surface area contributed by atoms with E-state index in [4.69, 9.17) is 16.3 Å². The Morgan fingerprint density at radius 2 is 1.58 bits per heavy atom. The highest BCUT2D eigenvalue weighted by atomic mass is 35.5. The highest BCUT2D eigenvalue weighted by Gasteiger charge is 2.33. The van der Waals surface area contributed by atoms with E-state index in [2.05, 4.69) is 5.32 Å². The summed E-state index contributed by atoms with van der Waals surface area (Å²) in [5, 5.41) is 3.33. The van der Waals surface area contributed by atoms with Gasteiger partial charge in [0, 0.05) is 36.8 Å². The fourth-order valence-corrected chi connectivity index (χ4v) is 3.80. The van der Waals surface area contributed by atoms with Crippen LogP contribution >= 0.6 is 11.6 Å². The Hall–Kier alpha value is -3.06. The lowest BCUT2D eigenvalue weighted by atomic mass is 9.97. The lowest BCUT2D eigenvalue weighted by Gasteiger charge is -2.37. The maximum Gasteiger partial charge on any atom is 0.408 e. The van der Waals surface area contributed by atoms with Crippen molar-refractivity contribution in [3.8, 4) is 0 Å². The van der Waals surface area contributed by atoms with Crippen molar-refractivity contribution in [2.45, 2.75) is 32.9 Å². The summed E-state index contributed by atoms with van der Waals surface area (Å²) in [5.41, 5.74) is 1.44. The van der Waals surface area contributed by atoms with E-state index >= 15 is 0 Å². The van der Waals surface area contributed by atoms with Crippen LogP contribution in [0.25, 0.3) is 0 Å². The first-order chi connectivity index (χ1) is 15.9. The fraction of sp³-hybridized carbons (Fsp3) is 0.400. The number of carbonyl (C=O) groups is 3. The predicted molar refractivity (Wildman–Crippen MR) is 127 cm³/mol. The minimum absolute atomic E-state index is 0.0597. The fourth-order valence-electron chi connectivity index (χ4n) is 3.68. The highest BCUT2D eigenvalue weighted by Crippen LogP contribution is 2.16. The molecule has 8 heteroatoms. The molecule has 1 heterocycles. The van der Waals surface area contributed by atoms with Crippen LogP contribution in [0, 0.1) is 5.92 Å². The van der Waals surface area contributed by atoms with E-state index in [0.717, 1.165) is 12.0 Å². The van der Waals surface area contributed by atoms with Crippen LogP contribution in [0.4, 0.5) is 4.79 Å². The average molecular weight is 472 g/mol. The van der Waals surface area contributed by atoms with Crippen molar-refractivity contribution < 1.29 is 19.1 Å². The number of amides is 3. The molecule has 0 radical (unpaired) electrons. The number of carbonyl (C=O) groups excluding carboxylic acids is 3. The molecular weight excluding hydrogens is 442 g/mol. The molecule has 2 aromatic carbocycles. The number of nitrogens with one attached hydrogen (secondary N) is 1. The third kappa shape index (κ3) is 6.71. The van der Waals surface area contributed by atoms with Crippen LogP contribution in [0.1, 0.15) is 36.2 Å². The van der Waals surface area contributed by atoms with Gasteiger partial charge in [-0.1, -0.05) is 62.2 Å². The zero-order valence-electron chi connectivity index (χ0n) is 19.0. The zero-order chi connectivity index (χ0) is 23.8. The second kappa shape index (κ2) is 11.7. The standard InChI is InChI=1S/C25H30ClN3O4/c1-3-18(2)22(27-25(32)33-17-19-7-5-4-6-8-19)24(31)29-15-13-28(14-16-29)23(30)20-9-11-21(26)12-10-20/h4-12,18,22H,3,13-17H2,1-2H3,(H,27,32)/t18-,22-/m0/s1. The molecule has 7 nitrogen and oxygen atoms in total. The summed E-state index contributed by atoms with van der Waals surface area (Å²) in [5.74, 6) is -0.296. The van der Waals surface area contributed by atoms with Crippen LogP contribution in [0.3, 0.4) is 0 Å². The molecule has 0 bridgehead atoms. The van der Waals surface area contributed by atoms with Gasteiger partial charge in [0.1, 0.15) is 12.6 Å². The number of ether oxygens (including phenoxy) is 1. The minimum Gasteiger partial charge on any atom is -0.445 e. The maximum atomic E-state index is 13.2. The van der Waals surface area contributed by atoms with Gasteiger partial charge in [0.2, 0.25) is 5.91 Å². The van der Waals surface area contributed by atoms with Crippen LogP contribution in [0.15, 0.2) is 54.6 Å². The van der Waals surface area contributed by atoms with E-state index in [1.165, 1.54) is 0 Å². The first kappa shape index (κ1) is 24.6. The van der Waals surface area contributed by atoms with Crippen LogP contribution in [0.5, 0.6) is 0 Å². The van der Waals surface area contributed by atoms with E-state index < -0.39 is 12.1 Å². The van der Waals surface area contributed by atoms with Gasteiger partial charge >= 0.3 is 6.09 Å². The first-order valence-electron chi connectivity index (χ1n) is 11.2. The molecule has 33 heavy (non-hydrogen) atoms. The molecule has 0 spiro atoms. The molecule has 0 saturated carbocycles. The van der Waals surface area contributed by atoms with Gasteiger partial charge in [-0.25, -0.2) is 4.79 Å². The van der Waals surface area contributed by atoms with E-state index in [0.29, 0.717) is 36.8 Å². The Labute approximate surface area is 199 Å². The third-order valence-corrected chi connectivity index (χ3v) is 6.19. The van der Waals surface area contributed by atoms with Crippen LogP contribution in [0.2, 0.25) is 5.02 Å². The van der Waals surface area contributed by atoms with Gasteiger partial charge in [-0.05, 0) is 35.7 Å². The van der Waals surface area contributed by atoms with Crippen molar-refractivity contribution in [1.29, 1.82) is 0 Å². The van der Waals surface area contributed by atoms with Gasteiger partial charge in [0.05, 0.1) is 0 Å². The van der Waals surface area contributed by atoms with Crippen molar-refractivity contribution >= 4 is 29.5 Å². The number of halogens is 1. The molecule has 1 aliphatic heterocycles. The Morgan fingerprint density at radius 1 is 0.970 bits per heavy atom. The molecule has 1 saturated heterocycles. The number of rotatable bonds is 7. The Kier molecular flexibility index (Phi) is 8.72. The lowest BCUT2D eigenvalue weighted by Crippen LogP contribution is -2.57. The van der Waals surface area contributed by atoms with Gasteiger partial charge in [-0.15, -0.1) is 0 Å². The normalized spacial score (nSPS) is 15.5. The Morgan fingerprint density at radius 3 is 2.18 bits per heavy atom. The predicted octanol–water partition coefficient (Wildman–Crippen LogP) is 3.97. The molecular formula is C25H30ClN3O4. The van der Waals surface area contributed by atoms with Crippen LogP contribution < -0.4 is 5.32 Å². The smallest absolute Gasteiger partial charge is 0.408 e. The Bertz CT molecular complexity index is 944. The summed E-state index contributed by atoms with van der Waals surface area (Å²) in [6.07, 6.45) is 0.110. The number of nitrogens with zero attached hydrogens (tertiary/aromatic N) is 2. The van der Waals surface area contributed by atoms with Crippen LogP contribution in [-0.2, 0) is 16.1 Å². The number of hydrogen-bond donors (Lipinski definition) is 1. The van der Waals surface area contributed by atoms with E-state index in [1.807, 2.05) is 44.2 Å². The molecule has 0 aromatic heterocycles. The van der Waals surface area contributed by atoms with Gasteiger partial charge in [-0.3, -0.25) is 9.59 Å². The topological polar surface area (TPSA) is 79.0 Å². The average Bonchev–Trinajstić information content (AvgIpc) is 2.86. The van der Waals surface area contributed by atoms with Crippen molar-refractivity contribution in [3.05, 3.63) is 70.7 Å². The number of benzene rings is 2. The Balaban J connectivity index is 1.55. The summed E-state index contributed by atoms with van der Waals surface area (Å²) in [7, 11) is 0. The van der Waals surface area contributed by atoms with Crippen LogP contribution in [-0.4, -0.2) is 59.9 Å². The molecule has 1 fully saturated rings. The molecule has 2 atom stereocenters. The van der Waals surface area contributed by atoms with Crippen molar-refractivity contribution in [2.24, 2.45) is 5.92 Å². The van der Waals surface area contributed by atoms with Gasteiger partial charge in [0.15, 0.2) is 0 Å². The molecule has 2 aromatic rings. The largest absolute Gasteiger partial charge is 0.445 e. The second-order valence-electron chi connectivity index (χ2n) is 8.19. The highest BCUT2D eigenvalue weighted by molar-refractivity contribution is 6.30. The quantitative estimate of drug-likeness (QED) is 0.662. The van der Waals surface area contributed by atoms with Gasteiger partial charge in [0.25, 0.3) is 5.91 Å². The number of alkyl carbamates (subject to hydrolysis) is 1. The molecule has 176 valence electrons. The molecule has 1 N–H and O–H groups in total. The summed E-state index contributed by atoms with van der Waals surface area (Å²) in [6.45, 7) is 5.72. The van der Waals surface area contributed by atoms with Gasteiger partial charge < -0.3 is 19.9 Å². The third-order valence-electron chi connectivity index (χ3n) is 5.93. The van der Waals surface area contributed by atoms with Crippen molar-refractivity contribution in [1.82, 2.24) is 15.1 Å². The summed E-state index contributed by atoms with van der Waals surface area (Å²) in [4.78, 5) is 41.8. The molecule has 0 aliphatic carbocycles. The van der Waals surface area contributed by atoms with E-state index in [-0.39, 0.29) is 24.3 Å². The van der Waals surface area contributed by atoms with E-state index in [1.54, 1.807) is 34.1 Å². The summed E-state index contributed by atoms with van der Waals surface area (Å²) < 4.78 is 5.31. The summed E-state index contributed by atoms with van der Waals surface area (Å²) in [6, 6.07) is 15.5. The maximum absolute atomic E-state index is 13.2. The molecule has 1 aliphatic rings. The number of piperazine rings is 1. The molecule has 3 amide bonds. The SMILES string of the molecule is CC[C@H](C)[C@H](NC(=O)OCc1ccccc1)C(=O)N1CCN(C(=O)c2ccc(Cl)cc2)CC1. The monoisotopic (exact) mass is 471 g/mol. The second-order valence-corrected chi connectivity index (χ2v) is 8.63. The molecule has 3 rings (SSSR count). The zero-order valence-corrected chi connectivity index (χ0v) is 19.8. The van der Waals surface area contributed by atoms with Crippen molar-refractivity contribution in [3.63, 3.8) is 0 Å². The van der Waals surface area contributed by atoms with Gasteiger partial charge in [-0.2, -0.15) is 0 Å². The molecule has 0 unspecified atom stereocenters. The minimum atomic E-state index is -0.684. The van der Waals surface area contributed by atoms with E-state index in [9.17, 15) is 14.4 Å². The number of hydrogen-bond acceptors (Lipinski definition) is 4. The first-order valence-corrected chi connectivity index (χ1v) is 11.6. The summed E-state index contributed by atoms with van der Waals surface area (Å²) >= 11 is 5.90. The van der Waals surface area contributed by atoms with Crippen molar-refractivity contribution in [2.75, 3.05) is 26.2 Å².